The fraction of sp³-hybridized carbons (Fsp3) is 0.471. The first-order chi connectivity index (χ1) is 10.6. The molecule has 4 nitrogen and oxygen atoms in total. The second kappa shape index (κ2) is 9.95. The van der Waals surface area contributed by atoms with Gasteiger partial charge in [0.1, 0.15) is 5.82 Å². The zero-order chi connectivity index (χ0) is 16.4. The maximum Gasteiger partial charge on any atom is 0.193 e. The monoisotopic (exact) mass is 307 g/mol. The van der Waals surface area contributed by atoms with Crippen LogP contribution in [0.25, 0.3) is 0 Å². The third-order valence-corrected chi connectivity index (χ3v) is 3.34. The Labute approximate surface area is 132 Å². The lowest BCUT2D eigenvalue weighted by Gasteiger charge is -2.22. The van der Waals surface area contributed by atoms with E-state index in [4.69, 9.17) is 4.74 Å². The molecule has 22 heavy (non-hydrogen) atoms. The molecule has 0 unspecified atom stereocenters. The molecule has 0 saturated heterocycles. The van der Waals surface area contributed by atoms with E-state index in [9.17, 15) is 4.39 Å². The molecule has 0 aliphatic carbocycles. The number of allylic oxidation sites excluding steroid dienone is 1. The highest BCUT2D eigenvalue weighted by molar-refractivity contribution is 5.79. The van der Waals surface area contributed by atoms with Crippen LogP contribution in [0.5, 0.6) is 0 Å². The summed E-state index contributed by atoms with van der Waals surface area (Å²) in [7, 11) is 5.32. The van der Waals surface area contributed by atoms with Crippen molar-refractivity contribution in [1.29, 1.82) is 0 Å². The molecule has 0 aliphatic rings. The Morgan fingerprint density at radius 2 is 2.27 bits per heavy atom. The number of guanidine groups is 1. The van der Waals surface area contributed by atoms with Crippen LogP contribution in [0.15, 0.2) is 35.8 Å². The fourth-order valence-corrected chi connectivity index (χ4v) is 2.15. The minimum absolute atomic E-state index is 0.239. The lowest BCUT2D eigenvalue weighted by atomic mass is 10.1. The highest BCUT2D eigenvalue weighted by Crippen LogP contribution is 2.11. The van der Waals surface area contributed by atoms with Gasteiger partial charge in [0.25, 0.3) is 0 Å². The van der Waals surface area contributed by atoms with Crippen molar-refractivity contribution in [2.75, 3.05) is 27.7 Å². The van der Waals surface area contributed by atoms with Gasteiger partial charge in [0.2, 0.25) is 0 Å². The smallest absolute Gasteiger partial charge is 0.193 e. The van der Waals surface area contributed by atoms with E-state index in [2.05, 4.69) is 21.8 Å². The molecule has 0 aliphatic heterocycles. The van der Waals surface area contributed by atoms with Gasteiger partial charge in [-0.25, -0.2) is 4.39 Å². The molecule has 0 bridgehead atoms. The summed E-state index contributed by atoms with van der Waals surface area (Å²) in [6, 6.07) is 5.06. The van der Waals surface area contributed by atoms with Crippen molar-refractivity contribution in [3.8, 4) is 0 Å². The van der Waals surface area contributed by atoms with Crippen molar-refractivity contribution in [2.45, 2.75) is 26.0 Å². The highest BCUT2D eigenvalue weighted by atomic mass is 19.1. The molecule has 0 aromatic heterocycles. The Balaban J connectivity index is 2.59. The van der Waals surface area contributed by atoms with Crippen LogP contribution in [-0.4, -0.2) is 38.6 Å². The first-order valence-electron chi connectivity index (χ1n) is 7.41. The molecule has 1 aromatic carbocycles. The number of halogens is 1. The normalized spacial score (nSPS) is 11.4. The van der Waals surface area contributed by atoms with E-state index in [0.29, 0.717) is 12.1 Å². The molecule has 1 rings (SSSR count). The lowest BCUT2D eigenvalue weighted by molar-refractivity contribution is 0.181. The van der Waals surface area contributed by atoms with Gasteiger partial charge in [0.15, 0.2) is 5.96 Å². The van der Waals surface area contributed by atoms with Crippen LogP contribution in [-0.2, 0) is 17.9 Å². The Kier molecular flexibility index (Phi) is 8.22. The molecule has 0 radical (unpaired) electrons. The molecule has 1 aromatic rings. The summed E-state index contributed by atoms with van der Waals surface area (Å²) in [5.41, 5.74) is 1.56. The summed E-state index contributed by atoms with van der Waals surface area (Å²) in [6.45, 7) is 5.50. The first kappa shape index (κ1) is 18.2. The average molecular weight is 307 g/mol. The van der Waals surface area contributed by atoms with E-state index in [1.807, 2.05) is 19.2 Å². The number of rotatable bonds is 8. The van der Waals surface area contributed by atoms with Gasteiger partial charge in [-0.3, -0.25) is 4.99 Å². The van der Waals surface area contributed by atoms with Crippen molar-refractivity contribution in [1.82, 2.24) is 10.2 Å². The fourth-order valence-electron chi connectivity index (χ4n) is 2.15. The van der Waals surface area contributed by atoms with E-state index in [1.165, 1.54) is 6.07 Å². The SMILES string of the molecule is C=CCCCN(C)C(=NC)NCc1ccc(F)c(COC)c1. The molecule has 0 amide bonds. The third-order valence-electron chi connectivity index (χ3n) is 3.34. The topological polar surface area (TPSA) is 36.9 Å². The number of benzene rings is 1. The van der Waals surface area contributed by atoms with E-state index in [1.54, 1.807) is 20.2 Å². The average Bonchev–Trinajstić information content (AvgIpc) is 2.51. The number of ether oxygens (including phenoxy) is 1. The molecule has 0 saturated carbocycles. The number of unbranched alkanes of at least 4 members (excludes halogenated alkanes) is 1. The van der Waals surface area contributed by atoms with Crippen LogP contribution in [0.2, 0.25) is 0 Å². The predicted molar refractivity (Wildman–Crippen MR) is 89.4 cm³/mol. The Hall–Kier alpha value is -1.88. The molecule has 122 valence electrons. The lowest BCUT2D eigenvalue weighted by Crippen LogP contribution is -2.39. The second-order valence-electron chi connectivity index (χ2n) is 5.11. The van der Waals surface area contributed by atoms with Crippen molar-refractivity contribution >= 4 is 5.96 Å². The Bertz CT molecular complexity index is 503. The summed E-state index contributed by atoms with van der Waals surface area (Å²) >= 11 is 0. The largest absolute Gasteiger partial charge is 0.380 e. The third kappa shape index (κ3) is 5.85. The number of methoxy groups -OCH3 is 1. The van der Waals surface area contributed by atoms with Gasteiger partial charge in [-0.05, 0) is 30.5 Å². The second-order valence-corrected chi connectivity index (χ2v) is 5.11. The van der Waals surface area contributed by atoms with E-state index in [0.717, 1.165) is 30.9 Å². The van der Waals surface area contributed by atoms with E-state index < -0.39 is 0 Å². The summed E-state index contributed by atoms with van der Waals surface area (Å²) in [6.07, 6.45) is 3.94. The molecule has 0 atom stereocenters. The summed E-state index contributed by atoms with van der Waals surface area (Å²) in [4.78, 5) is 6.34. The predicted octanol–water partition coefficient (Wildman–Crippen LogP) is 2.95. The molecule has 0 heterocycles. The van der Waals surface area contributed by atoms with Gasteiger partial charge in [-0.1, -0.05) is 12.1 Å². The number of hydrogen-bond donors (Lipinski definition) is 1. The zero-order valence-electron chi connectivity index (χ0n) is 13.7. The van der Waals surface area contributed by atoms with E-state index in [-0.39, 0.29) is 12.4 Å². The van der Waals surface area contributed by atoms with Gasteiger partial charge >= 0.3 is 0 Å². The first-order valence-corrected chi connectivity index (χ1v) is 7.41. The number of nitrogens with one attached hydrogen (secondary N) is 1. The summed E-state index contributed by atoms with van der Waals surface area (Å²) in [5.74, 6) is 0.582. The van der Waals surface area contributed by atoms with Crippen molar-refractivity contribution in [3.63, 3.8) is 0 Å². The van der Waals surface area contributed by atoms with Crippen LogP contribution in [0.3, 0.4) is 0 Å². The minimum Gasteiger partial charge on any atom is -0.380 e. The van der Waals surface area contributed by atoms with Crippen LogP contribution >= 0.6 is 0 Å². The van der Waals surface area contributed by atoms with Crippen LogP contribution in [0, 0.1) is 5.82 Å². The van der Waals surface area contributed by atoms with Crippen molar-refractivity contribution < 1.29 is 9.13 Å². The molecule has 0 fully saturated rings. The molecule has 1 N–H and O–H groups in total. The van der Waals surface area contributed by atoms with Crippen molar-refractivity contribution in [3.05, 3.63) is 47.8 Å². The van der Waals surface area contributed by atoms with Crippen molar-refractivity contribution in [2.24, 2.45) is 4.99 Å². The Morgan fingerprint density at radius 1 is 1.50 bits per heavy atom. The van der Waals surface area contributed by atoms with E-state index >= 15 is 0 Å². The van der Waals surface area contributed by atoms with Gasteiger partial charge in [0, 0.05) is 39.9 Å². The summed E-state index contributed by atoms with van der Waals surface area (Å²) in [5, 5.41) is 3.29. The minimum atomic E-state index is -0.239. The van der Waals surface area contributed by atoms with Gasteiger partial charge in [0.05, 0.1) is 6.61 Å². The van der Waals surface area contributed by atoms with Gasteiger partial charge in [-0.15, -0.1) is 6.58 Å². The zero-order valence-corrected chi connectivity index (χ0v) is 13.7. The standard InChI is InChI=1S/C17H26FN3O/c1-5-6-7-10-21(3)17(19-2)20-12-14-8-9-16(18)15(11-14)13-22-4/h5,8-9,11H,1,6-7,10,12-13H2,2-4H3,(H,19,20). The van der Waals surface area contributed by atoms with Crippen LogP contribution < -0.4 is 5.32 Å². The summed E-state index contributed by atoms with van der Waals surface area (Å²) < 4.78 is 18.6. The molecule has 5 heteroatoms. The Morgan fingerprint density at radius 3 is 2.91 bits per heavy atom. The maximum absolute atomic E-state index is 13.6. The van der Waals surface area contributed by atoms with Gasteiger partial charge in [-0.2, -0.15) is 0 Å². The van der Waals surface area contributed by atoms with Crippen LogP contribution in [0.1, 0.15) is 24.0 Å². The quantitative estimate of drug-likeness (QED) is 0.347. The van der Waals surface area contributed by atoms with Crippen LogP contribution in [0.4, 0.5) is 4.39 Å². The van der Waals surface area contributed by atoms with Gasteiger partial charge < -0.3 is 15.0 Å². The number of hydrogen-bond acceptors (Lipinski definition) is 2. The number of nitrogens with zero attached hydrogens (tertiary/aromatic N) is 2. The molecule has 0 spiro atoms. The molecular formula is C17H26FN3O. The highest BCUT2D eigenvalue weighted by Gasteiger charge is 2.07. The maximum atomic E-state index is 13.6. The number of aliphatic imine (C=N–C) groups is 1. The molecular weight excluding hydrogens is 281 g/mol.